The van der Waals surface area contributed by atoms with Gasteiger partial charge in [-0.3, -0.25) is 0 Å². The standard InChI is InChI=1S/C8H10F3NS.ClH/c1-5-2-3-7(13-5)6(12)4-8(9,10)11;/h2-3,6H,4,12H2,1H3;1H/t6-;/m1./s1. The zero-order valence-electron chi connectivity index (χ0n) is 7.47. The third-order valence-electron chi connectivity index (χ3n) is 1.58. The van der Waals surface area contributed by atoms with Crippen molar-refractivity contribution >= 4 is 23.7 Å². The van der Waals surface area contributed by atoms with Crippen molar-refractivity contribution in [1.82, 2.24) is 0 Å². The van der Waals surface area contributed by atoms with E-state index in [9.17, 15) is 13.2 Å². The Balaban J connectivity index is 0.00000169. The summed E-state index contributed by atoms with van der Waals surface area (Å²) in [7, 11) is 0. The molecule has 82 valence electrons. The van der Waals surface area contributed by atoms with Crippen molar-refractivity contribution in [2.45, 2.75) is 25.6 Å². The quantitative estimate of drug-likeness (QED) is 0.849. The van der Waals surface area contributed by atoms with Crippen molar-refractivity contribution < 1.29 is 13.2 Å². The fourth-order valence-electron chi connectivity index (χ4n) is 1.00. The molecular weight excluding hydrogens is 235 g/mol. The molecule has 0 amide bonds. The summed E-state index contributed by atoms with van der Waals surface area (Å²) < 4.78 is 35.8. The minimum atomic E-state index is -4.18. The minimum Gasteiger partial charge on any atom is -0.323 e. The first-order valence-corrected chi connectivity index (χ1v) is 4.59. The van der Waals surface area contributed by atoms with E-state index in [2.05, 4.69) is 0 Å². The van der Waals surface area contributed by atoms with Crippen LogP contribution in [0.5, 0.6) is 0 Å². The highest BCUT2D eigenvalue weighted by Gasteiger charge is 2.31. The molecule has 0 aliphatic rings. The Morgan fingerprint density at radius 3 is 2.36 bits per heavy atom. The van der Waals surface area contributed by atoms with Crippen LogP contribution < -0.4 is 5.73 Å². The molecule has 0 fully saturated rings. The molecule has 0 radical (unpaired) electrons. The van der Waals surface area contributed by atoms with Gasteiger partial charge in [-0.1, -0.05) is 0 Å². The van der Waals surface area contributed by atoms with Gasteiger partial charge >= 0.3 is 6.18 Å². The van der Waals surface area contributed by atoms with Gasteiger partial charge in [-0.05, 0) is 19.1 Å². The van der Waals surface area contributed by atoms with Crippen molar-refractivity contribution in [1.29, 1.82) is 0 Å². The molecule has 0 aliphatic carbocycles. The first kappa shape index (κ1) is 13.7. The van der Waals surface area contributed by atoms with E-state index < -0.39 is 18.6 Å². The molecule has 0 aliphatic heterocycles. The summed E-state index contributed by atoms with van der Waals surface area (Å²) in [6.07, 6.45) is -5.13. The van der Waals surface area contributed by atoms with E-state index in [-0.39, 0.29) is 12.4 Å². The van der Waals surface area contributed by atoms with Crippen LogP contribution in [0.3, 0.4) is 0 Å². The lowest BCUT2D eigenvalue weighted by atomic mass is 10.2. The summed E-state index contributed by atoms with van der Waals surface area (Å²) in [5, 5.41) is 0. The summed E-state index contributed by atoms with van der Waals surface area (Å²) in [6.45, 7) is 1.84. The summed E-state index contributed by atoms with van der Waals surface area (Å²) in [6, 6.07) is 2.51. The molecule has 1 atom stereocenters. The highest BCUT2D eigenvalue weighted by molar-refractivity contribution is 7.12. The Kier molecular flexibility index (Phi) is 4.91. The van der Waals surface area contributed by atoms with Gasteiger partial charge in [0.05, 0.1) is 6.42 Å². The van der Waals surface area contributed by atoms with E-state index in [0.717, 1.165) is 4.88 Å². The van der Waals surface area contributed by atoms with Gasteiger partial charge in [-0.2, -0.15) is 13.2 Å². The molecule has 1 rings (SSSR count). The molecule has 1 aromatic rings. The third kappa shape index (κ3) is 4.30. The van der Waals surface area contributed by atoms with Crippen LogP contribution in [0.15, 0.2) is 12.1 Å². The molecule has 0 spiro atoms. The van der Waals surface area contributed by atoms with Gasteiger partial charge in [0.2, 0.25) is 0 Å². The molecule has 0 unspecified atom stereocenters. The second kappa shape index (κ2) is 5.00. The first-order chi connectivity index (χ1) is 5.88. The Morgan fingerprint density at radius 2 is 2.00 bits per heavy atom. The average molecular weight is 246 g/mol. The lowest BCUT2D eigenvalue weighted by Crippen LogP contribution is -2.19. The van der Waals surface area contributed by atoms with Crippen molar-refractivity contribution in [2.24, 2.45) is 5.73 Å². The van der Waals surface area contributed by atoms with Crippen LogP contribution >= 0.6 is 23.7 Å². The molecule has 0 aromatic carbocycles. The number of halogens is 4. The van der Waals surface area contributed by atoms with Gasteiger partial charge in [-0.15, -0.1) is 23.7 Å². The third-order valence-corrected chi connectivity index (χ3v) is 2.71. The van der Waals surface area contributed by atoms with Crippen molar-refractivity contribution in [3.8, 4) is 0 Å². The molecule has 14 heavy (non-hydrogen) atoms. The molecule has 1 nitrogen and oxygen atoms in total. The number of hydrogen-bond acceptors (Lipinski definition) is 2. The van der Waals surface area contributed by atoms with Crippen LogP contribution in [-0.2, 0) is 0 Å². The number of thiophene rings is 1. The largest absolute Gasteiger partial charge is 0.390 e. The SMILES string of the molecule is Cc1ccc([C@H](N)CC(F)(F)F)s1.Cl. The molecule has 1 aromatic heterocycles. The van der Waals surface area contributed by atoms with Crippen molar-refractivity contribution in [3.05, 3.63) is 21.9 Å². The number of aryl methyl sites for hydroxylation is 1. The maximum absolute atomic E-state index is 11.9. The van der Waals surface area contributed by atoms with Crippen molar-refractivity contribution in [3.63, 3.8) is 0 Å². The Hall–Kier alpha value is -0.260. The molecular formula is C8H11ClF3NS. The van der Waals surface area contributed by atoms with Gasteiger partial charge in [0, 0.05) is 15.8 Å². The zero-order chi connectivity index (χ0) is 10.1. The average Bonchev–Trinajstić information content (AvgIpc) is 2.31. The first-order valence-electron chi connectivity index (χ1n) is 3.77. The normalized spacial score (nSPS) is 13.5. The molecule has 0 saturated carbocycles. The fraction of sp³-hybridized carbons (Fsp3) is 0.500. The second-order valence-corrected chi connectivity index (χ2v) is 4.19. The van der Waals surface area contributed by atoms with Gasteiger partial charge in [-0.25, -0.2) is 0 Å². The summed E-state index contributed by atoms with van der Waals surface area (Å²) in [5.41, 5.74) is 5.38. The number of rotatable bonds is 2. The molecule has 0 saturated heterocycles. The second-order valence-electron chi connectivity index (χ2n) is 2.87. The number of alkyl halides is 3. The van der Waals surface area contributed by atoms with Gasteiger partial charge in [0.25, 0.3) is 0 Å². The molecule has 0 bridgehead atoms. The lowest BCUT2D eigenvalue weighted by Gasteiger charge is -2.11. The van der Waals surface area contributed by atoms with Crippen LogP contribution in [-0.4, -0.2) is 6.18 Å². The maximum Gasteiger partial charge on any atom is 0.390 e. The van der Waals surface area contributed by atoms with E-state index in [4.69, 9.17) is 5.73 Å². The van der Waals surface area contributed by atoms with E-state index in [1.54, 1.807) is 12.1 Å². The molecule has 2 N–H and O–H groups in total. The van der Waals surface area contributed by atoms with Crippen LogP contribution in [0, 0.1) is 6.92 Å². The van der Waals surface area contributed by atoms with E-state index >= 15 is 0 Å². The van der Waals surface area contributed by atoms with E-state index in [1.807, 2.05) is 6.92 Å². The Bertz CT molecular complexity index is 284. The van der Waals surface area contributed by atoms with Crippen LogP contribution in [0.1, 0.15) is 22.2 Å². The topological polar surface area (TPSA) is 26.0 Å². The predicted octanol–water partition coefficient (Wildman–Crippen LogP) is 3.43. The highest BCUT2D eigenvalue weighted by atomic mass is 35.5. The predicted molar refractivity (Wildman–Crippen MR) is 53.9 cm³/mol. The number of hydrogen-bond donors (Lipinski definition) is 1. The molecule has 1 heterocycles. The maximum atomic E-state index is 11.9. The van der Waals surface area contributed by atoms with Crippen molar-refractivity contribution in [2.75, 3.05) is 0 Å². The monoisotopic (exact) mass is 245 g/mol. The molecule has 6 heteroatoms. The van der Waals surface area contributed by atoms with Gasteiger partial charge < -0.3 is 5.73 Å². The van der Waals surface area contributed by atoms with E-state index in [1.165, 1.54) is 11.3 Å². The fourth-order valence-corrected chi connectivity index (χ4v) is 1.88. The summed E-state index contributed by atoms with van der Waals surface area (Å²) in [5.74, 6) is 0. The highest BCUT2D eigenvalue weighted by Crippen LogP contribution is 2.30. The van der Waals surface area contributed by atoms with Crippen LogP contribution in [0.25, 0.3) is 0 Å². The summed E-state index contributed by atoms with van der Waals surface area (Å²) in [4.78, 5) is 1.57. The van der Waals surface area contributed by atoms with E-state index in [0.29, 0.717) is 4.88 Å². The van der Waals surface area contributed by atoms with Gasteiger partial charge in [0.15, 0.2) is 0 Å². The van der Waals surface area contributed by atoms with Crippen LogP contribution in [0.2, 0.25) is 0 Å². The zero-order valence-corrected chi connectivity index (χ0v) is 9.10. The lowest BCUT2D eigenvalue weighted by molar-refractivity contribution is -0.138. The summed E-state index contributed by atoms with van der Waals surface area (Å²) >= 11 is 1.31. The minimum absolute atomic E-state index is 0. The van der Waals surface area contributed by atoms with Crippen LogP contribution in [0.4, 0.5) is 13.2 Å². The Labute approximate surface area is 90.5 Å². The number of nitrogens with two attached hydrogens (primary N) is 1. The smallest absolute Gasteiger partial charge is 0.323 e. The van der Waals surface area contributed by atoms with Gasteiger partial charge in [0.1, 0.15) is 0 Å². The Morgan fingerprint density at radius 1 is 1.43 bits per heavy atom.